The molecular formula is C19H16FN7O. The van der Waals surface area contributed by atoms with Gasteiger partial charge in [-0.25, -0.2) is 14.4 Å². The lowest BCUT2D eigenvalue weighted by Gasteiger charge is -2.29. The molecule has 0 saturated heterocycles. The van der Waals surface area contributed by atoms with Crippen LogP contribution in [-0.4, -0.2) is 43.4 Å². The average Bonchev–Trinajstić information content (AvgIpc) is 3.16. The van der Waals surface area contributed by atoms with Crippen molar-refractivity contribution in [3.05, 3.63) is 59.8 Å². The molecule has 4 aromatic rings. The van der Waals surface area contributed by atoms with Crippen molar-refractivity contribution in [2.24, 2.45) is 0 Å². The van der Waals surface area contributed by atoms with Crippen LogP contribution in [0.15, 0.2) is 42.7 Å². The fourth-order valence-corrected chi connectivity index (χ4v) is 3.45. The van der Waals surface area contributed by atoms with Crippen molar-refractivity contribution >= 4 is 11.5 Å². The van der Waals surface area contributed by atoms with Crippen LogP contribution in [0.2, 0.25) is 0 Å². The van der Waals surface area contributed by atoms with E-state index in [9.17, 15) is 4.39 Å². The van der Waals surface area contributed by atoms with E-state index in [2.05, 4.69) is 30.2 Å². The largest absolute Gasteiger partial charge is 0.481 e. The summed E-state index contributed by atoms with van der Waals surface area (Å²) in [6.07, 6.45) is 2.28. The Kier molecular flexibility index (Phi) is 3.85. The van der Waals surface area contributed by atoms with Crippen molar-refractivity contribution in [2.75, 3.05) is 18.6 Å². The number of benzene rings is 1. The molecule has 140 valence electrons. The fourth-order valence-electron chi connectivity index (χ4n) is 3.45. The molecule has 0 saturated carbocycles. The summed E-state index contributed by atoms with van der Waals surface area (Å²) in [4.78, 5) is 10.7. The summed E-state index contributed by atoms with van der Waals surface area (Å²) >= 11 is 0. The highest BCUT2D eigenvalue weighted by Gasteiger charge is 2.23. The molecule has 1 aliphatic heterocycles. The summed E-state index contributed by atoms with van der Waals surface area (Å²) in [6.45, 7) is 1.33. The molecule has 0 amide bonds. The number of nitrogens with zero attached hydrogens (tertiary/aromatic N) is 7. The van der Waals surface area contributed by atoms with E-state index in [4.69, 9.17) is 4.74 Å². The highest BCUT2D eigenvalue weighted by atomic mass is 19.1. The maximum Gasteiger partial charge on any atom is 0.221 e. The van der Waals surface area contributed by atoms with Gasteiger partial charge in [-0.15, -0.1) is 15.3 Å². The number of fused-ring (bicyclic) bond motifs is 2. The van der Waals surface area contributed by atoms with Crippen LogP contribution >= 0.6 is 0 Å². The van der Waals surface area contributed by atoms with Gasteiger partial charge in [-0.05, 0) is 24.3 Å². The third-order valence-corrected chi connectivity index (χ3v) is 4.84. The second kappa shape index (κ2) is 6.52. The SMILES string of the molecule is COc1ncnc2c1CN(c1ccc3nnc(-c4ccccc4F)n3n1)CC2. The highest BCUT2D eigenvalue weighted by Crippen LogP contribution is 2.28. The molecule has 0 unspecified atom stereocenters. The number of methoxy groups -OCH3 is 1. The predicted molar refractivity (Wildman–Crippen MR) is 99.5 cm³/mol. The Morgan fingerprint density at radius 3 is 2.82 bits per heavy atom. The van der Waals surface area contributed by atoms with Gasteiger partial charge >= 0.3 is 0 Å². The Hall–Kier alpha value is -3.62. The monoisotopic (exact) mass is 377 g/mol. The van der Waals surface area contributed by atoms with Crippen LogP contribution < -0.4 is 9.64 Å². The third kappa shape index (κ3) is 2.63. The van der Waals surface area contributed by atoms with Gasteiger partial charge in [-0.3, -0.25) is 0 Å². The molecule has 0 atom stereocenters. The van der Waals surface area contributed by atoms with E-state index >= 15 is 0 Å². The summed E-state index contributed by atoms with van der Waals surface area (Å²) in [5.74, 6) is 1.32. The molecule has 0 aliphatic carbocycles. The number of halogens is 1. The van der Waals surface area contributed by atoms with Gasteiger partial charge in [0.2, 0.25) is 5.88 Å². The molecule has 0 spiro atoms. The van der Waals surface area contributed by atoms with Crippen molar-refractivity contribution in [1.82, 2.24) is 29.8 Å². The lowest BCUT2D eigenvalue weighted by atomic mass is 10.1. The van der Waals surface area contributed by atoms with Gasteiger partial charge in [0, 0.05) is 13.0 Å². The number of hydrogen-bond donors (Lipinski definition) is 0. The van der Waals surface area contributed by atoms with Crippen molar-refractivity contribution in [1.29, 1.82) is 0 Å². The summed E-state index contributed by atoms with van der Waals surface area (Å²) in [5, 5.41) is 12.9. The zero-order valence-electron chi connectivity index (χ0n) is 15.1. The van der Waals surface area contributed by atoms with Crippen molar-refractivity contribution < 1.29 is 9.13 Å². The van der Waals surface area contributed by atoms with Gasteiger partial charge in [0.05, 0.1) is 30.5 Å². The molecule has 0 radical (unpaired) electrons. The Morgan fingerprint density at radius 1 is 1.07 bits per heavy atom. The third-order valence-electron chi connectivity index (χ3n) is 4.84. The smallest absolute Gasteiger partial charge is 0.221 e. The molecule has 28 heavy (non-hydrogen) atoms. The molecule has 0 bridgehead atoms. The van der Waals surface area contributed by atoms with Gasteiger partial charge in [0.15, 0.2) is 11.5 Å². The van der Waals surface area contributed by atoms with Crippen LogP contribution in [0.25, 0.3) is 17.0 Å². The maximum atomic E-state index is 14.2. The standard InChI is InChI=1S/C19H16FN7O/c1-28-19-13-10-26(9-8-15(13)21-11-22-19)17-7-6-16-23-24-18(27(16)25-17)12-4-2-3-5-14(12)20/h2-7,11H,8-10H2,1H3. The number of anilines is 1. The second-order valence-electron chi connectivity index (χ2n) is 6.44. The fraction of sp³-hybridized carbons (Fsp3) is 0.211. The zero-order chi connectivity index (χ0) is 19.1. The molecule has 0 N–H and O–H groups in total. The van der Waals surface area contributed by atoms with E-state index in [0.29, 0.717) is 29.5 Å². The first-order valence-electron chi connectivity index (χ1n) is 8.83. The Labute approximate surface area is 159 Å². The van der Waals surface area contributed by atoms with E-state index in [0.717, 1.165) is 30.0 Å². The minimum absolute atomic E-state index is 0.360. The van der Waals surface area contributed by atoms with Crippen LogP contribution in [0.5, 0.6) is 5.88 Å². The first-order chi connectivity index (χ1) is 13.7. The van der Waals surface area contributed by atoms with Gasteiger partial charge in [-0.1, -0.05) is 12.1 Å². The summed E-state index contributed by atoms with van der Waals surface area (Å²) in [7, 11) is 1.60. The molecule has 4 heterocycles. The molecule has 3 aromatic heterocycles. The summed E-state index contributed by atoms with van der Waals surface area (Å²) < 4.78 is 21.2. The van der Waals surface area contributed by atoms with Crippen LogP contribution in [-0.2, 0) is 13.0 Å². The summed E-state index contributed by atoms with van der Waals surface area (Å²) in [6, 6.07) is 10.2. The zero-order valence-corrected chi connectivity index (χ0v) is 15.1. The minimum atomic E-state index is -0.363. The highest BCUT2D eigenvalue weighted by molar-refractivity contribution is 5.60. The Bertz CT molecular complexity index is 1160. The Balaban J connectivity index is 1.56. The van der Waals surface area contributed by atoms with E-state index < -0.39 is 0 Å². The number of hydrogen-bond acceptors (Lipinski definition) is 7. The lowest BCUT2D eigenvalue weighted by Crippen LogP contribution is -2.32. The van der Waals surface area contributed by atoms with Gasteiger partial charge in [0.1, 0.15) is 18.0 Å². The molecule has 1 aliphatic rings. The molecule has 1 aromatic carbocycles. The van der Waals surface area contributed by atoms with Crippen LogP contribution in [0.4, 0.5) is 10.2 Å². The number of ether oxygens (including phenoxy) is 1. The van der Waals surface area contributed by atoms with Crippen LogP contribution in [0, 0.1) is 5.82 Å². The average molecular weight is 377 g/mol. The van der Waals surface area contributed by atoms with E-state index in [1.807, 2.05) is 12.1 Å². The first-order valence-corrected chi connectivity index (χ1v) is 8.83. The molecule has 9 heteroatoms. The van der Waals surface area contributed by atoms with E-state index in [1.165, 1.54) is 12.4 Å². The maximum absolute atomic E-state index is 14.2. The van der Waals surface area contributed by atoms with Gasteiger partial charge in [-0.2, -0.15) is 4.52 Å². The quantitative estimate of drug-likeness (QED) is 0.542. The van der Waals surface area contributed by atoms with Crippen molar-refractivity contribution in [3.63, 3.8) is 0 Å². The second-order valence-corrected chi connectivity index (χ2v) is 6.44. The van der Waals surface area contributed by atoms with Crippen LogP contribution in [0.3, 0.4) is 0 Å². The topological polar surface area (TPSA) is 81.3 Å². The van der Waals surface area contributed by atoms with Crippen molar-refractivity contribution in [2.45, 2.75) is 13.0 Å². The number of aromatic nitrogens is 6. The lowest BCUT2D eigenvalue weighted by molar-refractivity contribution is 0.387. The molecule has 5 rings (SSSR count). The first kappa shape index (κ1) is 16.5. The van der Waals surface area contributed by atoms with Gasteiger partial charge < -0.3 is 9.64 Å². The predicted octanol–water partition coefficient (Wildman–Crippen LogP) is 2.29. The Morgan fingerprint density at radius 2 is 1.96 bits per heavy atom. The minimum Gasteiger partial charge on any atom is -0.481 e. The molecule has 8 nitrogen and oxygen atoms in total. The normalized spacial score (nSPS) is 13.6. The number of rotatable bonds is 3. The molecule has 0 fully saturated rings. The van der Waals surface area contributed by atoms with E-state index in [1.54, 1.807) is 29.8 Å². The van der Waals surface area contributed by atoms with E-state index in [-0.39, 0.29) is 5.82 Å². The molecular weight excluding hydrogens is 361 g/mol. The van der Waals surface area contributed by atoms with Crippen LogP contribution in [0.1, 0.15) is 11.3 Å². The van der Waals surface area contributed by atoms with Gasteiger partial charge in [0.25, 0.3) is 0 Å². The summed E-state index contributed by atoms with van der Waals surface area (Å²) in [5.41, 5.74) is 2.86. The van der Waals surface area contributed by atoms with Crippen molar-refractivity contribution in [3.8, 4) is 17.3 Å².